The summed E-state index contributed by atoms with van der Waals surface area (Å²) in [6.07, 6.45) is 1.06. The molecule has 12 heteroatoms. The number of benzene rings is 2. The zero-order valence-electron chi connectivity index (χ0n) is 24.0. The van der Waals surface area contributed by atoms with Crippen molar-refractivity contribution in [3.63, 3.8) is 0 Å². The lowest BCUT2D eigenvalue weighted by atomic mass is 10.1. The van der Waals surface area contributed by atoms with Gasteiger partial charge in [0.15, 0.2) is 12.4 Å². The van der Waals surface area contributed by atoms with E-state index < -0.39 is 5.97 Å². The van der Waals surface area contributed by atoms with E-state index in [9.17, 15) is 9.59 Å². The Hall–Kier alpha value is -3.60. The number of amides is 1. The molecular formula is C30H37Cl2N5O5. The van der Waals surface area contributed by atoms with Crippen LogP contribution in [0.5, 0.6) is 5.75 Å². The number of aryl methyl sites for hydroxylation is 1. The van der Waals surface area contributed by atoms with Crippen LogP contribution in [-0.2, 0) is 38.6 Å². The zero-order chi connectivity index (χ0) is 29.4. The first-order chi connectivity index (χ1) is 19.8. The first kappa shape index (κ1) is 32.9. The van der Waals surface area contributed by atoms with Crippen LogP contribution in [-0.4, -0.2) is 70.2 Å². The summed E-state index contributed by atoms with van der Waals surface area (Å²) in [7, 11) is 1.66. The second-order valence-electron chi connectivity index (χ2n) is 9.91. The summed E-state index contributed by atoms with van der Waals surface area (Å²) in [4.78, 5) is 35.7. The van der Waals surface area contributed by atoms with E-state index in [2.05, 4.69) is 9.55 Å². The molecular weight excluding hydrogens is 581 g/mol. The molecule has 0 aliphatic carbocycles. The molecule has 0 aliphatic heterocycles. The van der Waals surface area contributed by atoms with E-state index in [0.717, 1.165) is 27.8 Å². The third-order valence-electron chi connectivity index (χ3n) is 6.49. The Balaban J connectivity index is 0.00000484. The van der Waals surface area contributed by atoms with Crippen LogP contribution in [0.1, 0.15) is 31.7 Å². The van der Waals surface area contributed by atoms with E-state index in [1.165, 1.54) is 0 Å². The molecule has 0 saturated heterocycles. The fourth-order valence-electron chi connectivity index (χ4n) is 4.72. The van der Waals surface area contributed by atoms with Crippen LogP contribution < -0.4 is 10.5 Å². The number of imidazole rings is 1. The summed E-state index contributed by atoms with van der Waals surface area (Å²) in [6, 6.07) is 15.2. The normalized spacial score (nSPS) is 11.1. The number of anilines is 1. The minimum atomic E-state index is -0.438. The number of aromatic nitrogens is 3. The van der Waals surface area contributed by atoms with Gasteiger partial charge in [0, 0.05) is 38.6 Å². The number of methoxy groups -OCH3 is 1. The highest BCUT2D eigenvalue weighted by Crippen LogP contribution is 2.29. The second-order valence-corrected chi connectivity index (χ2v) is 10.2. The number of alkyl halides is 1. The maximum atomic E-state index is 12.8. The number of hydrogen-bond donors (Lipinski definition) is 1. The zero-order valence-corrected chi connectivity index (χ0v) is 25.6. The summed E-state index contributed by atoms with van der Waals surface area (Å²) in [5.41, 5.74) is 9.55. The van der Waals surface area contributed by atoms with Gasteiger partial charge in [0.25, 0.3) is 0 Å². The molecule has 2 aromatic heterocycles. The maximum Gasteiger partial charge on any atom is 0.344 e. The van der Waals surface area contributed by atoms with Gasteiger partial charge in [0.1, 0.15) is 23.0 Å². The van der Waals surface area contributed by atoms with Crippen molar-refractivity contribution in [2.45, 2.75) is 45.9 Å². The van der Waals surface area contributed by atoms with Crippen molar-refractivity contribution < 1.29 is 23.8 Å². The Morgan fingerprint density at radius 2 is 1.90 bits per heavy atom. The summed E-state index contributed by atoms with van der Waals surface area (Å²) in [5, 5.41) is 0.968. The number of nitrogens with zero attached hydrogens (tertiary/aromatic N) is 4. The largest absolute Gasteiger partial charge is 0.482 e. The van der Waals surface area contributed by atoms with Gasteiger partial charge in [0.05, 0.1) is 23.7 Å². The number of halogens is 2. The quantitative estimate of drug-likeness (QED) is 0.159. The molecule has 0 radical (unpaired) electrons. The van der Waals surface area contributed by atoms with Crippen LogP contribution in [0.15, 0.2) is 48.5 Å². The first-order valence-electron chi connectivity index (χ1n) is 13.6. The summed E-state index contributed by atoms with van der Waals surface area (Å²) < 4.78 is 18.2. The molecule has 1 amide bonds. The number of rotatable bonds is 14. The summed E-state index contributed by atoms with van der Waals surface area (Å²) in [6.45, 7) is 5.32. The van der Waals surface area contributed by atoms with Crippen LogP contribution in [0.4, 0.5) is 5.82 Å². The van der Waals surface area contributed by atoms with E-state index in [-0.39, 0.29) is 36.9 Å². The number of ether oxygens (including phenoxy) is 3. The molecule has 0 spiro atoms. The molecule has 0 aliphatic rings. The highest BCUT2D eigenvalue weighted by atomic mass is 35.5. The van der Waals surface area contributed by atoms with E-state index in [1.807, 2.05) is 42.5 Å². The molecule has 0 atom stereocenters. The molecule has 2 N–H and O–H groups in total. The highest BCUT2D eigenvalue weighted by Gasteiger charge is 2.19. The van der Waals surface area contributed by atoms with Gasteiger partial charge in [-0.1, -0.05) is 30.3 Å². The Kier molecular flexibility index (Phi) is 12.2. The van der Waals surface area contributed by atoms with E-state index in [1.54, 1.807) is 31.9 Å². The van der Waals surface area contributed by atoms with E-state index >= 15 is 0 Å². The third-order valence-corrected chi connectivity index (χ3v) is 6.72. The van der Waals surface area contributed by atoms with Crippen LogP contribution in [0.25, 0.3) is 21.9 Å². The van der Waals surface area contributed by atoms with Gasteiger partial charge < -0.3 is 29.4 Å². The number of esters is 1. The highest BCUT2D eigenvalue weighted by molar-refractivity contribution is 6.27. The standard InChI is InChI=1S/C30H36ClN5O5.ClH/c1-20(2)41-27(38)19-40-22-9-6-8-21(16-22)18-35(26(37)17-31)13-7-14-36-25(12-15-39-3)34-28-29(36)23-10-4-5-11-24(23)33-30(28)32;/h4-6,8-11,16,20H,7,12-15,17-19H2,1-3H3,(H2,32,33);1H. The minimum Gasteiger partial charge on any atom is -0.482 e. The van der Waals surface area contributed by atoms with Gasteiger partial charge in [-0.2, -0.15) is 0 Å². The molecule has 226 valence electrons. The van der Waals surface area contributed by atoms with E-state index in [0.29, 0.717) is 56.2 Å². The van der Waals surface area contributed by atoms with Crippen molar-refractivity contribution in [1.29, 1.82) is 0 Å². The Morgan fingerprint density at radius 3 is 2.64 bits per heavy atom. The van der Waals surface area contributed by atoms with Gasteiger partial charge in [-0.15, -0.1) is 24.0 Å². The summed E-state index contributed by atoms with van der Waals surface area (Å²) in [5.74, 6) is 1.01. The number of nitrogen functional groups attached to an aromatic ring is 1. The number of pyridine rings is 1. The lowest BCUT2D eigenvalue weighted by molar-refractivity contribution is -0.149. The molecule has 0 fully saturated rings. The predicted octanol–water partition coefficient (Wildman–Crippen LogP) is 4.77. The molecule has 4 rings (SSSR count). The Morgan fingerprint density at radius 1 is 1.12 bits per heavy atom. The van der Waals surface area contributed by atoms with Crippen molar-refractivity contribution in [2.24, 2.45) is 0 Å². The fraction of sp³-hybridized carbons (Fsp3) is 0.400. The molecule has 42 heavy (non-hydrogen) atoms. The fourth-order valence-corrected chi connectivity index (χ4v) is 4.89. The number of hydrogen-bond acceptors (Lipinski definition) is 8. The topological polar surface area (TPSA) is 122 Å². The van der Waals surface area contributed by atoms with Crippen LogP contribution in [0.2, 0.25) is 0 Å². The lowest BCUT2D eigenvalue weighted by Gasteiger charge is -2.23. The average Bonchev–Trinajstić information content (AvgIpc) is 3.33. The van der Waals surface area contributed by atoms with Gasteiger partial charge >= 0.3 is 5.97 Å². The average molecular weight is 619 g/mol. The molecule has 2 heterocycles. The molecule has 4 aromatic rings. The van der Waals surface area contributed by atoms with E-state index in [4.69, 9.17) is 36.5 Å². The van der Waals surface area contributed by atoms with Crippen LogP contribution >= 0.6 is 24.0 Å². The van der Waals surface area contributed by atoms with Crippen LogP contribution in [0, 0.1) is 0 Å². The first-order valence-corrected chi connectivity index (χ1v) is 14.1. The molecule has 0 saturated carbocycles. The monoisotopic (exact) mass is 617 g/mol. The number of para-hydroxylation sites is 1. The summed E-state index contributed by atoms with van der Waals surface area (Å²) >= 11 is 5.97. The Bertz CT molecular complexity index is 1510. The van der Waals surface area contributed by atoms with Gasteiger partial charge in [-0.3, -0.25) is 4.79 Å². The number of nitrogens with two attached hydrogens (primary N) is 1. The number of carbonyl (C=O) groups is 2. The molecule has 0 bridgehead atoms. The molecule has 10 nitrogen and oxygen atoms in total. The van der Waals surface area contributed by atoms with Crippen molar-refractivity contribution in [2.75, 3.05) is 38.5 Å². The minimum absolute atomic E-state index is 0. The van der Waals surface area contributed by atoms with Crippen molar-refractivity contribution in [1.82, 2.24) is 19.4 Å². The Labute approximate surface area is 256 Å². The number of carbonyl (C=O) groups excluding carboxylic acids is 2. The second kappa shape index (κ2) is 15.6. The lowest BCUT2D eigenvalue weighted by Crippen LogP contribution is -2.33. The molecule has 2 aromatic carbocycles. The van der Waals surface area contributed by atoms with Gasteiger partial charge in [-0.25, -0.2) is 14.8 Å². The molecule has 0 unspecified atom stereocenters. The number of fused-ring (bicyclic) bond motifs is 3. The van der Waals surface area contributed by atoms with Crippen molar-refractivity contribution in [3.05, 3.63) is 59.9 Å². The maximum absolute atomic E-state index is 12.8. The van der Waals surface area contributed by atoms with Crippen LogP contribution in [0.3, 0.4) is 0 Å². The van der Waals surface area contributed by atoms with Gasteiger partial charge in [-0.05, 0) is 44.0 Å². The van der Waals surface area contributed by atoms with Crippen molar-refractivity contribution in [3.8, 4) is 5.75 Å². The van der Waals surface area contributed by atoms with Gasteiger partial charge in [0.2, 0.25) is 5.91 Å². The van der Waals surface area contributed by atoms with Crippen molar-refractivity contribution >= 4 is 63.6 Å². The predicted molar refractivity (Wildman–Crippen MR) is 166 cm³/mol. The smallest absolute Gasteiger partial charge is 0.344 e. The third kappa shape index (κ3) is 8.24. The SMILES string of the molecule is COCCc1nc2c(N)nc3ccccc3c2n1CCCN(Cc1cccc(OCC(=O)OC(C)C)c1)C(=O)CCl.Cl.